The number of aliphatic carboxylic acids is 1. The molecule has 0 saturated heterocycles. The summed E-state index contributed by atoms with van der Waals surface area (Å²) in [4.78, 5) is 24.3. The van der Waals surface area contributed by atoms with Gasteiger partial charge in [0.25, 0.3) is 0 Å². The van der Waals surface area contributed by atoms with E-state index >= 15 is 0 Å². The number of fused-ring (bicyclic) bond motifs is 1. The van der Waals surface area contributed by atoms with Crippen LogP contribution in [-0.2, 0) is 26.0 Å². The Morgan fingerprint density at radius 1 is 1.43 bits per heavy atom. The summed E-state index contributed by atoms with van der Waals surface area (Å²) in [6.07, 6.45) is 1.77. The third-order valence-electron chi connectivity index (χ3n) is 3.88. The van der Waals surface area contributed by atoms with Crippen LogP contribution in [0.25, 0.3) is 0 Å². The van der Waals surface area contributed by atoms with Gasteiger partial charge in [-0.25, -0.2) is 8.42 Å². The van der Waals surface area contributed by atoms with Crippen LogP contribution in [-0.4, -0.2) is 38.5 Å². The van der Waals surface area contributed by atoms with E-state index in [1.54, 1.807) is 13.1 Å². The number of hydrogen-bond acceptors (Lipinski definition) is 4. The van der Waals surface area contributed by atoms with Gasteiger partial charge in [-0.1, -0.05) is 19.8 Å². The number of carboxylic acid groups (broad SMARTS) is 1. The van der Waals surface area contributed by atoms with Gasteiger partial charge in [0.1, 0.15) is 6.04 Å². The zero-order valence-electron chi connectivity index (χ0n) is 13.1. The summed E-state index contributed by atoms with van der Waals surface area (Å²) in [6.45, 7) is 1.90. The molecule has 0 radical (unpaired) electrons. The minimum Gasteiger partial charge on any atom is -0.480 e. The molecule has 2 N–H and O–H groups in total. The molecule has 0 saturated carbocycles. The molecule has 0 bridgehead atoms. The van der Waals surface area contributed by atoms with Crippen molar-refractivity contribution in [3.8, 4) is 0 Å². The quantitative estimate of drug-likeness (QED) is 0.774. The van der Waals surface area contributed by atoms with Crippen LogP contribution < -0.4 is 9.62 Å². The van der Waals surface area contributed by atoms with Gasteiger partial charge in [0, 0.05) is 12.7 Å². The van der Waals surface area contributed by atoms with Crippen LogP contribution in [0, 0.1) is 0 Å². The van der Waals surface area contributed by atoms with Crippen molar-refractivity contribution in [3.05, 3.63) is 23.8 Å². The summed E-state index contributed by atoms with van der Waals surface area (Å²) < 4.78 is 27.0. The molecule has 1 atom stereocenters. The van der Waals surface area contributed by atoms with E-state index in [0.717, 1.165) is 6.42 Å². The monoisotopic (exact) mass is 340 g/mol. The Hall–Kier alpha value is -1.93. The second-order valence-electron chi connectivity index (χ2n) is 5.57. The van der Waals surface area contributed by atoms with Crippen molar-refractivity contribution in [1.29, 1.82) is 0 Å². The molecule has 1 unspecified atom stereocenters. The van der Waals surface area contributed by atoms with Crippen molar-refractivity contribution in [2.24, 2.45) is 0 Å². The minimum absolute atomic E-state index is 0.0258. The highest BCUT2D eigenvalue weighted by Gasteiger charge is 2.28. The predicted octanol–water partition coefficient (Wildman–Crippen LogP) is 1.13. The number of rotatable bonds is 7. The topological polar surface area (TPSA) is 104 Å². The first kappa shape index (κ1) is 17.4. The van der Waals surface area contributed by atoms with Gasteiger partial charge in [-0.15, -0.1) is 0 Å². The molecule has 23 heavy (non-hydrogen) atoms. The van der Waals surface area contributed by atoms with E-state index in [4.69, 9.17) is 5.11 Å². The average Bonchev–Trinajstić information content (AvgIpc) is 2.77. The molecule has 1 aromatic carbocycles. The molecule has 0 aromatic heterocycles. The number of likely N-dealkylation sites (N-methyl/N-ethyl adjacent to an activating group) is 1. The van der Waals surface area contributed by atoms with Crippen LogP contribution in [0.1, 0.15) is 31.7 Å². The molecule has 0 fully saturated rings. The zero-order chi connectivity index (χ0) is 17.2. The molecule has 1 aromatic rings. The van der Waals surface area contributed by atoms with Crippen LogP contribution in [0.4, 0.5) is 5.69 Å². The third-order valence-corrected chi connectivity index (χ3v) is 5.35. The highest BCUT2D eigenvalue weighted by Crippen LogP contribution is 2.29. The van der Waals surface area contributed by atoms with Gasteiger partial charge in [0.15, 0.2) is 0 Å². The molecular formula is C15H20N2O5S. The number of hydrogen-bond donors (Lipinski definition) is 2. The van der Waals surface area contributed by atoms with E-state index in [1.807, 2.05) is 6.92 Å². The Morgan fingerprint density at radius 2 is 2.13 bits per heavy atom. The highest BCUT2D eigenvalue weighted by molar-refractivity contribution is 7.89. The van der Waals surface area contributed by atoms with Gasteiger partial charge in [0.2, 0.25) is 15.9 Å². The van der Waals surface area contributed by atoms with Crippen molar-refractivity contribution < 1.29 is 23.1 Å². The van der Waals surface area contributed by atoms with Gasteiger partial charge in [0.05, 0.1) is 11.3 Å². The Bertz CT molecular complexity index is 729. The Kier molecular flexibility index (Phi) is 5.06. The maximum absolute atomic E-state index is 12.4. The maximum Gasteiger partial charge on any atom is 0.321 e. The molecule has 7 nitrogen and oxygen atoms in total. The molecule has 1 amide bonds. The van der Waals surface area contributed by atoms with Crippen LogP contribution >= 0.6 is 0 Å². The lowest BCUT2D eigenvalue weighted by Gasteiger charge is -2.15. The smallest absolute Gasteiger partial charge is 0.321 e. The zero-order valence-corrected chi connectivity index (χ0v) is 13.9. The van der Waals surface area contributed by atoms with E-state index in [-0.39, 0.29) is 23.6 Å². The number of carboxylic acids is 1. The molecule has 126 valence electrons. The van der Waals surface area contributed by atoms with Crippen LogP contribution in [0.3, 0.4) is 0 Å². The van der Waals surface area contributed by atoms with Crippen molar-refractivity contribution in [3.63, 3.8) is 0 Å². The summed E-state index contributed by atoms with van der Waals surface area (Å²) in [5, 5.41) is 9.16. The lowest BCUT2D eigenvalue weighted by atomic mass is 10.1. The van der Waals surface area contributed by atoms with Crippen LogP contribution in [0.5, 0.6) is 0 Å². The summed E-state index contributed by atoms with van der Waals surface area (Å²) in [5.74, 6) is -1.30. The third kappa shape index (κ3) is 3.70. The fourth-order valence-corrected chi connectivity index (χ4v) is 3.78. The van der Waals surface area contributed by atoms with E-state index in [2.05, 4.69) is 4.72 Å². The largest absolute Gasteiger partial charge is 0.480 e. The molecule has 1 aliphatic heterocycles. The SMILES string of the molecule is CCCCC(NS(=O)(=O)c1ccc2c(c1)CC(=O)N2C)C(=O)O. The standard InChI is InChI=1S/C15H20N2O5S/c1-3-4-5-12(15(19)20)16-23(21,22)11-6-7-13-10(8-11)9-14(18)17(13)2/h6-8,12,16H,3-5,9H2,1-2H3,(H,19,20). The Labute approximate surface area is 135 Å². The van der Waals surface area contributed by atoms with Gasteiger partial charge in [-0.05, 0) is 30.2 Å². The van der Waals surface area contributed by atoms with Crippen molar-refractivity contribution in [2.75, 3.05) is 11.9 Å². The van der Waals surface area contributed by atoms with Crippen LogP contribution in [0.2, 0.25) is 0 Å². The molecule has 1 heterocycles. The van der Waals surface area contributed by atoms with Crippen LogP contribution in [0.15, 0.2) is 23.1 Å². The normalized spacial score (nSPS) is 15.6. The molecule has 2 rings (SSSR count). The number of anilines is 1. The fraction of sp³-hybridized carbons (Fsp3) is 0.467. The number of carbonyl (C=O) groups excluding carboxylic acids is 1. The van der Waals surface area contributed by atoms with E-state index < -0.39 is 22.0 Å². The molecular weight excluding hydrogens is 320 g/mol. The van der Waals surface area contributed by atoms with Gasteiger partial charge in [-0.3, -0.25) is 9.59 Å². The number of amides is 1. The number of benzene rings is 1. The van der Waals surface area contributed by atoms with Crippen molar-refractivity contribution >= 4 is 27.6 Å². The summed E-state index contributed by atoms with van der Waals surface area (Å²) in [5.41, 5.74) is 1.30. The summed E-state index contributed by atoms with van der Waals surface area (Å²) in [6, 6.07) is 3.22. The summed E-state index contributed by atoms with van der Waals surface area (Å²) in [7, 11) is -2.32. The average molecular weight is 340 g/mol. The lowest BCUT2D eigenvalue weighted by molar-refractivity contribution is -0.139. The predicted molar refractivity (Wildman–Crippen MR) is 84.8 cm³/mol. The van der Waals surface area contributed by atoms with E-state index in [0.29, 0.717) is 17.7 Å². The molecule has 0 aliphatic carbocycles. The number of nitrogens with one attached hydrogen (secondary N) is 1. The van der Waals surface area contributed by atoms with Crippen molar-refractivity contribution in [1.82, 2.24) is 4.72 Å². The van der Waals surface area contributed by atoms with Gasteiger partial charge in [-0.2, -0.15) is 4.72 Å². The van der Waals surface area contributed by atoms with E-state index in [1.165, 1.54) is 17.0 Å². The molecule has 1 aliphatic rings. The second-order valence-corrected chi connectivity index (χ2v) is 7.29. The minimum atomic E-state index is -3.95. The lowest BCUT2D eigenvalue weighted by Crippen LogP contribution is -2.40. The molecule has 0 spiro atoms. The first-order valence-electron chi connectivity index (χ1n) is 7.41. The Morgan fingerprint density at radius 3 is 2.74 bits per heavy atom. The fourth-order valence-electron chi connectivity index (χ4n) is 2.51. The number of sulfonamides is 1. The number of carbonyl (C=O) groups is 2. The second kappa shape index (κ2) is 6.67. The summed E-state index contributed by atoms with van der Waals surface area (Å²) >= 11 is 0. The Balaban J connectivity index is 2.25. The number of unbranched alkanes of at least 4 members (excludes halogenated alkanes) is 1. The first-order valence-corrected chi connectivity index (χ1v) is 8.89. The van der Waals surface area contributed by atoms with Gasteiger partial charge >= 0.3 is 5.97 Å². The van der Waals surface area contributed by atoms with Gasteiger partial charge < -0.3 is 10.0 Å². The maximum atomic E-state index is 12.4. The molecule has 8 heteroatoms. The first-order chi connectivity index (χ1) is 10.8. The van der Waals surface area contributed by atoms with E-state index in [9.17, 15) is 18.0 Å². The highest BCUT2D eigenvalue weighted by atomic mass is 32.2. The number of nitrogens with zero attached hydrogens (tertiary/aromatic N) is 1. The van der Waals surface area contributed by atoms with Crippen molar-refractivity contribution in [2.45, 2.75) is 43.5 Å².